The van der Waals surface area contributed by atoms with Crippen molar-refractivity contribution < 1.29 is 24.3 Å². The number of nitrogens with two attached hydrogens (primary N) is 1. The lowest BCUT2D eigenvalue weighted by molar-refractivity contribution is -0.143. The topological polar surface area (TPSA) is 154 Å². The normalized spacial score (nSPS) is 21.6. The highest BCUT2D eigenvalue weighted by Crippen LogP contribution is 2.54. The Kier molecular flexibility index (Phi) is 12.2. The van der Waals surface area contributed by atoms with E-state index in [0.717, 1.165) is 35.2 Å². The number of para-hydroxylation sites is 1. The molecule has 2 aliphatic heterocycles. The molecule has 0 aliphatic carbocycles. The number of likely N-dealkylation sites (tertiary alicyclic amines) is 1. The Morgan fingerprint density at radius 1 is 1.04 bits per heavy atom. The fourth-order valence-electron chi connectivity index (χ4n) is 7.00. The Labute approximate surface area is 284 Å². The van der Waals surface area contributed by atoms with Gasteiger partial charge in [-0.05, 0) is 63.1 Å². The highest BCUT2D eigenvalue weighted by molar-refractivity contribution is 5.94. The molecule has 1 fully saturated rings. The van der Waals surface area contributed by atoms with Gasteiger partial charge in [0.2, 0.25) is 17.7 Å². The fraction of sp³-hybridized carbons (Fsp3) is 0.474. The van der Waals surface area contributed by atoms with Gasteiger partial charge in [-0.15, -0.1) is 0 Å². The predicted molar refractivity (Wildman–Crippen MR) is 188 cm³/mol. The Morgan fingerprint density at radius 3 is 2.38 bits per heavy atom. The number of hydrogen-bond acceptors (Lipinski definition) is 6. The van der Waals surface area contributed by atoms with E-state index >= 15 is 0 Å². The second-order valence-electron chi connectivity index (χ2n) is 13.5. The molecule has 0 saturated carbocycles. The van der Waals surface area contributed by atoms with E-state index < -0.39 is 47.4 Å². The molecule has 6 atom stereocenters. The van der Waals surface area contributed by atoms with Crippen molar-refractivity contribution in [2.24, 2.45) is 17.6 Å². The van der Waals surface area contributed by atoms with Crippen molar-refractivity contribution in [3.05, 3.63) is 89.0 Å². The minimum absolute atomic E-state index is 0.0231. The number of aliphatic carboxylic acids is 1. The summed E-state index contributed by atoms with van der Waals surface area (Å²) in [5.41, 5.74) is 9.53. The molecule has 3 amide bonds. The number of carbonyl (C=O) groups is 4. The molecule has 10 heteroatoms. The zero-order valence-corrected chi connectivity index (χ0v) is 28.8. The summed E-state index contributed by atoms with van der Waals surface area (Å²) >= 11 is 0. The number of fused-ring (bicyclic) bond motifs is 3. The number of allylic oxidation sites excluding steroid dienone is 4. The third kappa shape index (κ3) is 7.98. The van der Waals surface area contributed by atoms with Crippen molar-refractivity contribution >= 4 is 29.4 Å². The second kappa shape index (κ2) is 16.1. The van der Waals surface area contributed by atoms with Crippen molar-refractivity contribution in [3.8, 4) is 0 Å². The van der Waals surface area contributed by atoms with Crippen LogP contribution in [-0.4, -0.2) is 65.0 Å². The molecule has 6 N–H and O–H groups in total. The first-order chi connectivity index (χ1) is 22.9. The Balaban J connectivity index is 1.72. The second-order valence-corrected chi connectivity index (χ2v) is 13.5. The van der Waals surface area contributed by atoms with Gasteiger partial charge in [0.15, 0.2) is 0 Å². The average Bonchev–Trinajstić information content (AvgIpc) is 3.57. The molecule has 0 radical (unpaired) electrons. The highest BCUT2D eigenvalue weighted by atomic mass is 16.4. The molecule has 2 aromatic rings. The maximum atomic E-state index is 14.7. The Hall–Kier alpha value is -4.44. The zero-order valence-electron chi connectivity index (χ0n) is 28.8. The lowest BCUT2D eigenvalue weighted by Crippen LogP contribution is -2.58. The van der Waals surface area contributed by atoms with Crippen LogP contribution in [0.15, 0.2) is 77.9 Å². The van der Waals surface area contributed by atoms with Crippen LogP contribution in [0.2, 0.25) is 0 Å². The van der Waals surface area contributed by atoms with Crippen LogP contribution < -0.4 is 21.7 Å². The molecule has 10 nitrogen and oxygen atoms in total. The Bertz CT molecular complexity index is 1530. The number of anilines is 1. The van der Waals surface area contributed by atoms with Gasteiger partial charge in [0, 0.05) is 18.7 Å². The number of carboxylic acid groups (broad SMARTS) is 1. The summed E-state index contributed by atoms with van der Waals surface area (Å²) in [5.74, 6) is -3.43. The van der Waals surface area contributed by atoms with Gasteiger partial charge in [-0.25, -0.2) is 0 Å². The van der Waals surface area contributed by atoms with Crippen molar-refractivity contribution in [2.75, 3.05) is 18.4 Å². The molecule has 258 valence electrons. The van der Waals surface area contributed by atoms with E-state index in [2.05, 4.69) is 48.9 Å². The molecule has 0 spiro atoms. The van der Waals surface area contributed by atoms with Gasteiger partial charge in [-0.1, -0.05) is 92.1 Å². The van der Waals surface area contributed by atoms with Crippen LogP contribution in [0.5, 0.6) is 0 Å². The van der Waals surface area contributed by atoms with Crippen LogP contribution in [0.1, 0.15) is 71.4 Å². The smallest absolute Gasteiger partial charge is 0.309 e. The summed E-state index contributed by atoms with van der Waals surface area (Å²) in [5, 5.41) is 19.9. The standard InChI is InChI=1S/C38H51N5O5/c1-6-26(5)33(42-32(44)22-39)34(45)40-31(21-27-15-8-7-9-16-27)35(46)43-23-29(36(47)48)38(20-19-25(4)14-12-13-24(2)3)28-17-10-11-18-30(28)41-37(38)43/h7-11,13,15-19,26,29,31,33,37,41H,6,12,14,20-23,39H2,1-5H3,(H,40,45)(H,42,44)(H,47,48)/b25-19-/t26-,29+,31-,33-,37+,38-/m0/s1. The minimum Gasteiger partial charge on any atom is -0.481 e. The first kappa shape index (κ1) is 36.4. The number of rotatable bonds is 15. The van der Waals surface area contributed by atoms with E-state index in [-0.39, 0.29) is 31.3 Å². The van der Waals surface area contributed by atoms with Crippen LogP contribution in [0.3, 0.4) is 0 Å². The number of carboxylic acids is 1. The Morgan fingerprint density at radius 2 is 1.73 bits per heavy atom. The van der Waals surface area contributed by atoms with Gasteiger partial charge in [0.1, 0.15) is 18.2 Å². The number of nitrogens with one attached hydrogen (secondary N) is 3. The van der Waals surface area contributed by atoms with Crippen LogP contribution in [0, 0.1) is 11.8 Å². The molecular formula is C38H51N5O5. The van der Waals surface area contributed by atoms with Gasteiger partial charge < -0.3 is 31.7 Å². The van der Waals surface area contributed by atoms with E-state index in [0.29, 0.717) is 12.8 Å². The summed E-state index contributed by atoms with van der Waals surface area (Å²) in [6, 6.07) is 15.1. The van der Waals surface area contributed by atoms with E-state index in [1.807, 2.05) is 68.4 Å². The lowest BCUT2D eigenvalue weighted by atomic mass is 9.69. The van der Waals surface area contributed by atoms with E-state index in [1.165, 1.54) is 5.57 Å². The van der Waals surface area contributed by atoms with E-state index in [9.17, 15) is 24.3 Å². The predicted octanol–water partition coefficient (Wildman–Crippen LogP) is 4.52. The van der Waals surface area contributed by atoms with Crippen LogP contribution in [0.25, 0.3) is 0 Å². The fourth-order valence-corrected chi connectivity index (χ4v) is 7.00. The molecule has 2 aliphatic rings. The molecule has 0 bridgehead atoms. The summed E-state index contributed by atoms with van der Waals surface area (Å²) in [6.45, 7) is 9.69. The zero-order chi connectivity index (χ0) is 35.0. The number of amides is 3. The monoisotopic (exact) mass is 657 g/mol. The molecular weight excluding hydrogens is 606 g/mol. The summed E-state index contributed by atoms with van der Waals surface area (Å²) < 4.78 is 0. The van der Waals surface area contributed by atoms with Crippen molar-refractivity contribution in [3.63, 3.8) is 0 Å². The SMILES string of the molecule is CC[C@H](C)[C@H](NC(=O)CN)C(=O)N[C@@H](Cc1ccccc1)C(=O)N1C[C@H](C(=O)O)[C@]2(C/C=C(/C)CCC=C(C)C)c3ccccc3N[C@H]12. The quantitative estimate of drug-likeness (QED) is 0.177. The van der Waals surface area contributed by atoms with Gasteiger partial charge in [0.05, 0.1) is 17.9 Å². The average molecular weight is 658 g/mol. The summed E-state index contributed by atoms with van der Waals surface area (Å²) in [7, 11) is 0. The highest BCUT2D eigenvalue weighted by Gasteiger charge is 2.63. The lowest BCUT2D eigenvalue weighted by Gasteiger charge is -2.35. The van der Waals surface area contributed by atoms with Crippen LogP contribution >= 0.6 is 0 Å². The van der Waals surface area contributed by atoms with Crippen molar-refractivity contribution in [2.45, 2.75) is 90.4 Å². The van der Waals surface area contributed by atoms with Gasteiger partial charge in [-0.3, -0.25) is 19.2 Å². The van der Waals surface area contributed by atoms with E-state index in [1.54, 1.807) is 4.90 Å². The maximum absolute atomic E-state index is 14.7. The maximum Gasteiger partial charge on any atom is 0.309 e. The first-order valence-electron chi connectivity index (χ1n) is 16.9. The summed E-state index contributed by atoms with van der Waals surface area (Å²) in [4.78, 5) is 55.5. The largest absolute Gasteiger partial charge is 0.481 e. The van der Waals surface area contributed by atoms with Gasteiger partial charge in [0.25, 0.3) is 0 Å². The molecule has 2 heterocycles. The number of nitrogens with zero attached hydrogens (tertiary/aromatic N) is 1. The molecule has 4 rings (SSSR count). The third-order valence-electron chi connectivity index (χ3n) is 9.88. The summed E-state index contributed by atoms with van der Waals surface area (Å²) in [6.07, 6.45) is 6.64. The molecule has 2 aromatic carbocycles. The van der Waals surface area contributed by atoms with Crippen molar-refractivity contribution in [1.29, 1.82) is 0 Å². The molecule has 0 unspecified atom stereocenters. The molecule has 0 aromatic heterocycles. The van der Waals surface area contributed by atoms with Gasteiger partial charge in [-0.2, -0.15) is 0 Å². The number of hydrogen-bond donors (Lipinski definition) is 5. The van der Waals surface area contributed by atoms with Gasteiger partial charge >= 0.3 is 5.97 Å². The van der Waals surface area contributed by atoms with Crippen LogP contribution in [0.4, 0.5) is 5.69 Å². The number of carbonyl (C=O) groups excluding carboxylic acids is 3. The molecule has 48 heavy (non-hydrogen) atoms. The number of benzene rings is 2. The van der Waals surface area contributed by atoms with Crippen LogP contribution in [-0.2, 0) is 31.0 Å². The minimum atomic E-state index is -1.02. The third-order valence-corrected chi connectivity index (χ3v) is 9.88. The first-order valence-corrected chi connectivity index (χ1v) is 16.9. The van der Waals surface area contributed by atoms with Crippen molar-refractivity contribution in [1.82, 2.24) is 15.5 Å². The molecule has 1 saturated heterocycles. The van der Waals surface area contributed by atoms with E-state index in [4.69, 9.17) is 5.73 Å².